The van der Waals surface area contributed by atoms with Gasteiger partial charge in [0, 0.05) is 5.69 Å². The minimum absolute atomic E-state index is 0.208. The van der Waals surface area contributed by atoms with Crippen molar-refractivity contribution in [2.45, 2.75) is 84.1 Å². The van der Waals surface area contributed by atoms with Gasteiger partial charge in [-0.3, -0.25) is 24.4 Å². The van der Waals surface area contributed by atoms with E-state index in [9.17, 15) is 14.4 Å². The van der Waals surface area contributed by atoms with Gasteiger partial charge in [0.15, 0.2) is 5.82 Å². The lowest BCUT2D eigenvalue weighted by molar-refractivity contribution is -0.134. The van der Waals surface area contributed by atoms with Gasteiger partial charge >= 0.3 is 6.03 Å². The van der Waals surface area contributed by atoms with E-state index < -0.39 is 11.6 Å². The van der Waals surface area contributed by atoms with Gasteiger partial charge in [-0.1, -0.05) is 65.2 Å². The molecule has 0 bridgehead atoms. The topological polar surface area (TPSA) is 95.5 Å². The summed E-state index contributed by atoms with van der Waals surface area (Å²) in [6.07, 6.45) is 6.94. The van der Waals surface area contributed by atoms with E-state index in [2.05, 4.69) is 43.0 Å². The van der Waals surface area contributed by atoms with E-state index in [0.717, 1.165) is 46.7 Å². The third-order valence-electron chi connectivity index (χ3n) is 7.11. The molecule has 0 unspecified atom stereocenters. The Morgan fingerprint density at radius 1 is 1.00 bits per heavy atom. The molecule has 1 saturated carbocycles. The summed E-state index contributed by atoms with van der Waals surface area (Å²) in [5, 5.41) is 3.03. The third-order valence-corrected chi connectivity index (χ3v) is 7.11. The molecule has 4 rings (SSSR count). The van der Waals surface area contributed by atoms with Crippen molar-refractivity contribution in [3.63, 3.8) is 0 Å². The molecule has 186 valence electrons. The largest absolute Gasteiger partial charge is 0.333 e. The fourth-order valence-corrected chi connectivity index (χ4v) is 5.29. The molecule has 0 radical (unpaired) electrons. The molecule has 2 fully saturated rings. The summed E-state index contributed by atoms with van der Waals surface area (Å²) in [7, 11) is 0. The summed E-state index contributed by atoms with van der Waals surface area (Å²) in [5.41, 5.74) is 2.56. The third kappa shape index (κ3) is 4.54. The van der Waals surface area contributed by atoms with Crippen LogP contribution in [0.2, 0.25) is 0 Å². The summed E-state index contributed by atoms with van der Waals surface area (Å²) >= 11 is 0. The van der Waals surface area contributed by atoms with Crippen molar-refractivity contribution in [2.24, 2.45) is 0 Å². The van der Waals surface area contributed by atoms with Crippen molar-refractivity contribution >= 4 is 29.4 Å². The lowest BCUT2D eigenvalue weighted by Crippen LogP contribution is -2.51. The molecule has 1 aliphatic heterocycles. The molecule has 1 aliphatic carbocycles. The van der Waals surface area contributed by atoms with Crippen LogP contribution >= 0.6 is 0 Å². The quantitative estimate of drug-likeness (QED) is 0.581. The zero-order valence-corrected chi connectivity index (χ0v) is 21.3. The van der Waals surface area contributed by atoms with Crippen molar-refractivity contribution in [1.82, 2.24) is 14.9 Å². The number of para-hydroxylation sites is 1. The molecule has 8 heteroatoms. The number of aryl methyl sites for hydroxylation is 1. The molecule has 0 atom stereocenters. The van der Waals surface area contributed by atoms with Crippen LogP contribution in [0.25, 0.3) is 0 Å². The number of nitrogens with one attached hydrogen (secondary N) is 1. The average Bonchev–Trinajstić information content (AvgIpc) is 3.01. The SMILES string of the molecule is Cc1cnc(N2C(=O)N(CC(=O)Nc3c(C(C)C)cccc3C(C)C)C(=O)C23CCCCC3)cn1. The van der Waals surface area contributed by atoms with Gasteiger partial charge in [0.2, 0.25) is 5.91 Å². The number of hydrogen-bond acceptors (Lipinski definition) is 5. The van der Waals surface area contributed by atoms with Crippen LogP contribution in [-0.4, -0.2) is 44.8 Å². The number of nitrogens with zero attached hydrogens (tertiary/aromatic N) is 4. The standard InChI is InChI=1S/C27H35N5O3/c1-17(2)20-10-9-11-21(18(3)4)24(20)30-23(33)16-31-25(34)27(12-7-6-8-13-27)32(26(31)35)22-15-28-19(5)14-29-22/h9-11,14-15,17-18H,6-8,12-13,16H2,1-5H3,(H,30,33). The minimum atomic E-state index is -1.00. The van der Waals surface area contributed by atoms with Gasteiger partial charge in [-0.15, -0.1) is 0 Å². The van der Waals surface area contributed by atoms with Crippen molar-refractivity contribution in [3.05, 3.63) is 47.4 Å². The summed E-state index contributed by atoms with van der Waals surface area (Å²) in [6.45, 7) is 9.80. The van der Waals surface area contributed by atoms with Crippen LogP contribution in [0.3, 0.4) is 0 Å². The molecular weight excluding hydrogens is 442 g/mol. The molecule has 1 N–H and O–H groups in total. The lowest BCUT2D eigenvalue weighted by Gasteiger charge is -2.37. The molecule has 1 aromatic heterocycles. The van der Waals surface area contributed by atoms with E-state index in [-0.39, 0.29) is 30.2 Å². The van der Waals surface area contributed by atoms with E-state index in [0.29, 0.717) is 18.7 Å². The first-order valence-corrected chi connectivity index (χ1v) is 12.5. The first-order valence-electron chi connectivity index (χ1n) is 12.5. The fraction of sp³-hybridized carbons (Fsp3) is 0.519. The molecule has 2 heterocycles. The number of urea groups is 1. The predicted molar refractivity (Wildman–Crippen MR) is 135 cm³/mol. The normalized spacial score (nSPS) is 17.7. The van der Waals surface area contributed by atoms with Gasteiger partial charge in [-0.05, 0) is 42.7 Å². The Bertz CT molecular complexity index is 1090. The summed E-state index contributed by atoms with van der Waals surface area (Å²) < 4.78 is 0. The Hall–Kier alpha value is -3.29. The number of rotatable bonds is 6. The number of carbonyl (C=O) groups is 3. The summed E-state index contributed by atoms with van der Waals surface area (Å²) in [5.74, 6) is 0.0665. The highest BCUT2D eigenvalue weighted by Gasteiger charge is 2.58. The number of anilines is 2. The van der Waals surface area contributed by atoms with Crippen LogP contribution in [0.4, 0.5) is 16.3 Å². The van der Waals surface area contributed by atoms with E-state index in [4.69, 9.17) is 0 Å². The number of hydrogen-bond donors (Lipinski definition) is 1. The van der Waals surface area contributed by atoms with Crippen molar-refractivity contribution in [1.29, 1.82) is 0 Å². The van der Waals surface area contributed by atoms with Crippen LogP contribution in [0, 0.1) is 6.92 Å². The van der Waals surface area contributed by atoms with E-state index >= 15 is 0 Å². The second-order valence-electron chi connectivity index (χ2n) is 10.3. The van der Waals surface area contributed by atoms with E-state index in [1.807, 2.05) is 25.1 Å². The van der Waals surface area contributed by atoms with Gasteiger partial charge in [0.05, 0.1) is 18.1 Å². The summed E-state index contributed by atoms with van der Waals surface area (Å²) in [6, 6.07) is 5.51. The highest BCUT2D eigenvalue weighted by atomic mass is 16.2. The lowest BCUT2D eigenvalue weighted by atomic mass is 9.80. The number of amides is 4. The Morgan fingerprint density at radius 2 is 1.63 bits per heavy atom. The average molecular weight is 478 g/mol. The highest BCUT2D eigenvalue weighted by molar-refractivity contribution is 6.18. The number of imide groups is 1. The zero-order chi connectivity index (χ0) is 25.3. The Kier molecular flexibility index (Phi) is 6.92. The molecule has 35 heavy (non-hydrogen) atoms. The van der Waals surface area contributed by atoms with Gasteiger partial charge in [0.25, 0.3) is 5.91 Å². The number of carbonyl (C=O) groups excluding carboxylic acids is 3. The number of aromatic nitrogens is 2. The Morgan fingerprint density at radius 3 is 2.17 bits per heavy atom. The molecule has 1 saturated heterocycles. The van der Waals surface area contributed by atoms with Crippen LogP contribution in [0.5, 0.6) is 0 Å². The molecule has 4 amide bonds. The first-order chi connectivity index (χ1) is 16.7. The maximum Gasteiger partial charge on any atom is 0.333 e. The Balaban J connectivity index is 1.64. The molecule has 2 aromatic rings. The van der Waals surface area contributed by atoms with Gasteiger partial charge in [-0.2, -0.15) is 0 Å². The monoisotopic (exact) mass is 477 g/mol. The molecular formula is C27H35N5O3. The van der Waals surface area contributed by atoms with E-state index in [1.165, 1.54) is 11.1 Å². The van der Waals surface area contributed by atoms with Crippen LogP contribution in [0.15, 0.2) is 30.6 Å². The van der Waals surface area contributed by atoms with Crippen molar-refractivity contribution in [2.75, 3.05) is 16.8 Å². The minimum Gasteiger partial charge on any atom is -0.324 e. The maximum absolute atomic E-state index is 13.7. The Labute approximate surface area is 207 Å². The molecule has 1 aromatic carbocycles. The van der Waals surface area contributed by atoms with Crippen LogP contribution in [0.1, 0.15) is 88.5 Å². The number of benzene rings is 1. The summed E-state index contributed by atoms with van der Waals surface area (Å²) in [4.78, 5) is 51.8. The van der Waals surface area contributed by atoms with Crippen molar-refractivity contribution in [3.8, 4) is 0 Å². The van der Waals surface area contributed by atoms with Gasteiger partial charge in [-0.25, -0.2) is 9.78 Å². The maximum atomic E-state index is 13.7. The first kappa shape index (κ1) is 24.8. The molecule has 2 aliphatic rings. The molecule has 8 nitrogen and oxygen atoms in total. The second kappa shape index (κ2) is 9.76. The predicted octanol–water partition coefficient (Wildman–Crippen LogP) is 5.14. The van der Waals surface area contributed by atoms with Crippen molar-refractivity contribution < 1.29 is 14.4 Å². The zero-order valence-electron chi connectivity index (χ0n) is 21.3. The van der Waals surface area contributed by atoms with Gasteiger partial charge < -0.3 is 5.32 Å². The van der Waals surface area contributed by atoms with Crippen LogP contribution < -0.4 is 10.2 Å². The molecule has 1 spiro atoms. The van der Waals surface area contributed by atoms with Gasteiger partial charge in [0.1, 0.15) is 12.1 Å². The second-order valence-corrected chi connectivity index (χ2v) is 10.3. The highest BCUT2D eigenvalue weighted by Crippen LogP contribution is 2.42. The fourth-order valence-electron chi connectivity index (χ4n) is 5.29. The smallest absolute Gasteiger partial charge is 0.324 e. The van der Waals surface area contributed by atoms with Crippen LogP contribution in [-0.2, 0) is 9.59 Å². The van der Waals surface area contributed by atoms with E-state index in [1.54, 1.807) is 6.20 Å².